The molecule has 1 amide bonds. The van der Waals surface area contributed by atoms with Gasteiger partial charge in [0.15, 0.2) is 5.13 Å². The second-order valence-electron chi connectivity index (χ2n) is 6.71. The van der Waals surface area contributed by atoms with E-state index in [-0.39, 0.29) is 10.1 Å². The zero-order chi connectivity index (χ0) is 21.3. The molecule has 1 saturated heterocycles. The van der Waals surface area contributed by atoms with Crippen molar-refractivity contribution >= 4 is 66.9 Å². The molecule has 30 heavy (non-hydrogen) atoms. The smallest absolute Gasteiger partial charge is 0.253 e. The molecule has 0 bridgehead atoms. The lowest BCUT2D eigenvalue weighted by molar-refractivity contribution is -0.120. The number of halogens is 2. The van der Waals surface area contributed by atoms with Gasteiger partial charge in [-0.3, -0.25) is 4.79 Å². The van der Waals surface area contributed by atoms with E-state index in [2.05, 4.69) is 10.3 Å². The Balaban J connectivity index is 1.54. The molecule has 3 heterocycles. The average molecular weight is 502 g/mol. The standard InChI is InChI=1S/C19H17Cl2N3O3S3/c20-12-6-7-14(21)13(10-12)15-11-29-19(22-15)23-18(25)16-4-1-2-8-24(16)30(26,27)17-5-3-9-28-17/h3,5-7,9-11,16H,1-2,4,8H2,(H,22,23,25). The van der Waals surface area contributed by atoms with Gasteiger partial charge in [0.05, 0.1) is 10.7 Å². The minimum atomic E-state index is -3.71. The first kappa shape index (κ1) is 21.7. The molecule has 1 N–H and O–H groups in total. The van der Waals surface area contributed by atoms with Crippen molar-refractivity contribution in [2.75, 3.05) is 11.9 Å². The second kappa shape index (κ2) is 8.94. The van der Waals surface area contributed by atoms with Crippen LogP contribution in [0.4, 0.5) is 5.13 Å². The Morgan fingerprint density at radius 1 is 1.20 bits per heavy atom. The zero-order valence-electron chi connectivity index (χ0n) is 15.5. The lowest BCUT2D eigenvalue weighted by atomic mass is 10.0. The fourth-order valence-electron chi connectivity index (χ4n) is 3.32. The van der Waals surface area contributed by atoms with Crippen molar-refractivity contribution in [1.82, 2.24) is 9.29 Å². The molecule has 11 heteroatoms. The van der Waals surface area contributed by atoms with Crippen molar-refractivity contribution < 1.29 is 13.2 Å². The maximum atomic E-state index is 13.0. The zero-order valence-corrected chi connectivity index (χ0v) is 19.5. The SMILES string of the molecule is O=C(Nc1nc(-c2cc(Cl)ccc2Cl)cs1)C1CCCCN1S(=O)(=O)c1cccs1. The number of thiophene rings is 1. The molecule has 6 nitrogen and oxygen atoms in total. The molecular formula is C19H17Cl2N3O3S3. The highest BCUT2D eigenvalue weighted by molar-refractivity contribution is 7.91. The van der Waals surface area contributed by atoms with Crippen LogP contribution in [0.25, 0.3) is 11.3 Å². The number of thiazole rings is 1. The van der Waals surface area contributed by atoms with E-state index in [1.54, 1.807) is 41.1 Å². The number of carbonyl (C=O) groups is 1. The Kier molecular flexibility index (Phi) is 6.47. The molecule has 0 radical (unpaired) electrons. The maximum absolute atomic E-state index is 13.0. The summed E-state index contributed by atoms with van der Waals surface area (Å²) in [6, 6.07) is 7.56. The Morgan fingerprint density at radius 2 is 2.03 bits per heavy atom. The highest BCUT2D eigenvalue weighted by Crippen LogP contribution is 2.33. The molecule has 1 unspecified atom stereocenters. The number of benzene rings is 1. The van der Waals surface area contributed by atoms with Gasteiger partial charge in [-0.05, 0) is 42.5 Å². The fraction of sp³-hybridized carbons (Fsp3) is 0.263. The van der Waals surface area contributed by atoms with E-state index in [4.69, 9.17) is 23.2 Å². The normalized spacial score (nSPS) is 17.7. The van der Waals surface area contributed by atoms with E-state index in [9.17, 15) is 13.2 Å². The van der Waals surface area contributed by atoms with Crippen LogP contribution in [0, 0.1) is 0 Å². The molecule has 4 rings (SSSR count). The Hall–Kier alpha value is -1.49. The number of nitrogens with zero attached hydrogens (tertiary/aromatic N) is 2. The Morgan fingerprint density at radius 3 is 2.80 bits per heavy atom. The van der Waals surface area contributed by atoms with Gasteiger partial charge in [0.2, 0.25) is 5.91 Å². The number of carbonyl (C=O) groups excluding carboxylic acids is 1. The summed E-state index contributed by atoms with van der Waals surface area (Å²) >= 11 is 14.7. The van der Waals surface area contributed by atoms with Crippen molar-refractivity contribution in [1.29, 1.82) is 0 Å². The molecule has 1 fully saturated rings. The van der Waals surface area contributed by atoms with Crippen molar-refractivity contribution in [2.24, 2.45) is 0 Å². The number of piperidine rings is 1. The maximum Gasteiger partial charge on any atom is 0.253 e. The molecule has 3 aromatic rings. The monoisotopic (exact) mass is 501 g/mol. The van der Waals surface area contributed by atoms with Gasteiger partial charge in [-0.2, -0.15) is 4.31 Å². The van der Waals surface area contributed by atoms with Gasteiger partial charge in [-0.15, -0.1) is 22.7 Å². The molecule has 1 aromatic carbocycles. The quantitative estimate of drug-likeness (QED) is 0.510. The molecule has 158 valence electrons. The number of hydrogen-bond acceptors (Lipinski definition) is 6. The lowest BCUT2D eigenvalue weighted by Gasteiger charge is -2.32. The van der Waals surface area contributed by atoms with Gasteiger partial charge >= 0.3 is 0 Å². The number of hydrogen-bond donors (Lipinski definition) is 1. The van der Waals surface area contributed by atoms with E-state index in [1.165, 1.54) is 15.6 Å². The van der Waals surface area contributed by atoms with Crippen LogP contribution < -0.4 is 5.32 Å². The third-order valence-corrected chi connectivity index (χ3v) is 9.36. The third kappa shape index (κ3) is 4.42. The van der Waals surface area contributed by atoms with E-state index >= 15 is 0 Å². The number of aromatic nitrogens is 1. The number of rotatable bonds is 5. The highest BCUT2D eigenvalue weighted by Gasteiger charge is 2.38. The molecule has 1 atom stereocenters. The predicted molar refractivity (Wildman–Crippen MR) is 122 cm³/mol. The number of sulfonamides is 1. The number of nitrogens with one attached hydrogen (secondary N) is 1. The molecule has 2 aromatic heterocycles. The summed E-state index contributed by atoms with van der Waals surface area (Å²) in [5.74, 6) is -0.382. The summed E-state index contributed by atoms with van der Waals surface area (Å²) in [5, 5.41) is 7.67. The van der Waals surface area contributed by atoms with Crippen molar-refractivity contribution in [3.8, 4) is 11.3 Å². The summed E-state index contributed by atoms with van der Waals surface area (Å²) < 4.78 is 27.5. The minimum Gasteiger partial charge on any atom is -0.301 e. The van der Waals surface area contributed by atoms with Crippen LogP contribution in [-0.4, -0.2) is 36.2 Å². The molecule has 0 aliphatic carbocycles. The first-order valence-corrected chi connectivity index (χ1v) is 13.1. The van der Waals surface area contributed by atoms with Crippen LogP contribution in [0.15, 0.2) is 45.3 Å². The number of amides is 1. The third-order valence-electron chi connectivity index (χ3n) is 4.75. The van der Waals surface area contributed by atoms with Gasteiger partial charge in [0, 0.05) is 22.5 Å². The van der Waals surface area contributed by atoms with E-state index in [1.807, 2.05) is 0 Å². The summed E-state index contributed by atoms with van der Waals surface area (Å²) in [4.78, 5) is 17.4. The van der Waals surface area contributed by atoms with Crippen LogP contribution in [0.3, 0.4) is 0 Å². The van der Waals surface area contributed by atoms with Crippen LogP contribution in [0.5, 0.6) is 0 Å². The van der Waals surface area contributed by atoms with Gasteiger partial charge in [0.1, 0.15) is 10.3 Å². The largest absolute Gasteiger partial charge is 0.301 e. The van der Waals surface area contributed by atoms with E-state index in [0.717, 1.165) is 24.2 Å². The van der Waals surface area contributed by atoms with Gasteiger partial charge in [-0.25, -0.2) is 13.4 Å². The molecule has 1 aliphatic heterocycles. The van der Waals surface area contributed by atoms with Gasteiger partial charge < -0.3 is 5.32 Å². The second-order valence-corrected chi connectivity index (χ2v) is 11.5. The van der Waals surface area contributed by atoms with Crippen molar-refractivity contribution in [3.63, 3.8) is 0 Å². The fourth-order valence-corrected chi connectivity index (χ4v) is 7.19. The Labute approximate surface area is 192 Å². The average Bonchev–Trinajstić information content (AvgIpc) is 3.42. The van der Waals surface area contributed by atoms with Crippen LogP contribution >= 0.6 is 45.9 Å². The predicted octanol–water partition coefficient (Wildman–Crippen LogP) is 5.36. The Bertz CT molecular complexity index is 1160. The first-order chi connectivity index (χ1) is 14.4. The van der Waals surface area contributed by atoms with Crippen LogP contribution in [0.1, 0.15) is 19.3 Å². The van der Waals surface area contributed by atoms with Gasteiger partial charge in [0.25, 0.3) is 10.0 Å². The summed E-state index contributed by atoms with van der Waals surface area (Å²) in [5.41, 5.74) is 1.26. The summed E-state index contributed by atoms with van der Waals surface area (Å²) in [7, 11) is -3.71. The highest BCUT2D eigenvalue weighted by atomic mass is 35.5. The van der Waals surface area contributed by atoms with Crippen molar-refractivity contribution in [2.45, 2.75) is 29.5 Å². The summed E-state index contributed by atoms with van der Waals surface area (Å²) in [6.45, 7) is 0.319. The molecule has 0 spiro atoms. The van der Waals surface area contributed by atoms with Crippen LogP contribution in [-0.2, 0) is 14.8 Å². The topological polar surface area (TPSA) is 79.4 Å². The molecular weight excluding hydrogens is 485 g/mol. The van der Waals surface area contributed by atoms with E-state index in [0.29, 0.717) is 39.4 Å². The lowest BCUT2D eigenvalue weighted by Crippen LogP contribution is -2.49. The summed E-state index contributed by atoms with van der Waals surface area (Å²) in [6.07, 6.45) is 1.98. The first-order valence-electron chi connectivity index (χ1n) is 9.13. The molecule has 0 saturated carbocycles. The number of anilines is 1. The van der Waals surface area contributed by atoms with Crippen molar-refractivity contribution in [3.05, 3.63) is 51.1 Å². The van der Waals surface area contributed by atoms with Gasteiger partial charge in [-0.1, -0.05) is 35.7 Å². The van der Waals surface area contributed by atoms with E-state index < -0.39 is 16.1 Å². The minimum absolute atomic E-state index is 0.245. The van der Waals surface area contributed by atoms with Crippen LogP contribution in [0.2, 0.25) is 10.0 Å². The molecule has 1 aliphatic rings.